The number of allylic oxidation sites excluding steroid dienone is 1. The van der Waals surface area contributed by atoms with Crippen LogP contribution in [0.2, 0.25) is 0 Å². The van der Waals surface area contributed by atoms with E-state index in [9.17, 15) is 0 Å². The monoisotopic (exact) mass is 857 g/mol. The highest BCUT2D eigenvalue weighted by Gasteiger charge is 2.23. The van der Waals surface area contributed by atoms with Crippen LogP contribution in [0.15, 0.2) is 233 Å². The first kappa shape index (κ1) is 40.1. The van der Waals surface area contributed by atoms with E-state index in [0.717, 1.165) is 45.9 Å². The fourth-order valence-corrected chi connectivity index (χ4v) is 10.7. The molecule has 2 aromatic heterocycles. The van der Waals surface area contributed by atoms with Crippen molar-refractivity contribution in [2.45, 2.75) is 12.8 Å². The summed E-state index contributed by atoms with van der Waals surface area (Å²) in [6.07, 6.45) is 6.78. The highest BCUT2D eigenvalue weighted by atomic mass is 16.3. The van der Waals surface area contributed by atoms with Crippen molar-refractivity contribution < 1.29 is 8.83 Å². The molecule has 0 radical (unpaired) electrons. The zero-order valence-corrected chi connectivity index (χ0v) is 37.2. The normalized spacial score (nSPS) is 12.2. The summed E-state index contributed by atoms with van der Waals surface area (Å²) in [5.74, 6) is 0. The Morgan fingerprint density at radius 1 is 0.284 bits per heavy atom. The Morgan fingerprint density at radius 3 is 1.13 bits per heavy atom. The zero-order valence-electron chi connectivity index (χ0n) is 37.2. The van der Waals surface area contributed by atoms with Gasteiger partial charge in [-0.2, -0.15) is 0 Å². The molecule has 0 aliphatic heterocycles. The topological polar surface area (TPSA) is 26.3 Å². The van der Waals surface area contributed by atoms with Crippen LogP contribution < -0.4 is 0 Å². The number of hydrogen-bond donors (Lipinski definition) is 0. The molecule has 0 N–H and O–H groups in total. The Labute approximate surface area is 389 Å². The minimum Gasteiger partial charge on any atom is -0.456 e. The van der Waals surface area contributed by atoms with Crippen LogP contribution >= 0.6 is 0 Å². The van der Waals surface area contributed by atoms with Gasteiger partial charge in [-0.3, -0.25) is 0 Å². The molecule has 2 nitrogen and oxygen atoms in total. The van der Waals surface area contributed by atoms with E-state index >= 15 is 0 Å². The molecule has 318 valence electrons. The van der Waals surface area contributed by atoms with E-state index in [1.807, 2.05) is 24.3 Å². The van der Waals surface area contributed by atoms with E-state index in [1.165, 1.54) is 98.7 Å². The summed E-state index contributed by atoms with van der Waals surface area (Å²) in [6.45, 7) is 0. The highest BCUT2D eigenvalue weighted by molar-refractivity contribution is 6.22. The van der Waals surface area contributed by atoms with Crippen molar-refractivity contribution in [3.63, 3.8) is 0 Å². The maximum Gasteiger partial charge on any atom is 0.135 e. The lowest BCUT2D eigenvalue weighted by atomic mass is 9.80. The molecule has 0 unspecified atom stereocenters. The van der Waals surface area contributed by atoms with Gasteiger partial charge in [0.15, 0.2) is 0 Å². The summed E-state index contributed by atoms with van der Waals surface area (Å²) < 4.78 is 12.2. The second-order valence-electron chi connectivity index (χ2n) is 17.3. The quantitative estimate of drug-likeness (QED) is 0.130. The van der Waals surface area contributed by atoms with E-state index in [1.54, 1.807) is 0 Å². The molecule has 14 rings (SSSR count). The minimum absolute atomic E-state index is 0. The Hall–Kier alpha value is -8.46. The van der Waals surface area contributed by atoms with Gasteiger partial charge in [-0.1, -0.05) is 194 Å². The van der Waals surface area contributed by atoms with Crippen LogP contribution in [0, 0.1) is 7.43 Å². The maximum absolute atomic E-state index is 6.11. The standard InChI is InChI=1S/C32H22O.C32H20O.CH3/c2*1-2-10-21(11-3-1)31-24-13-4-6-15-26(24)32(27-16-7-5-14-25(27)31)22-18-19-30-28(20-22)23-12-8-9-17-29(23)33-30;/h1-6,8-15,17-20H,7,16H2;1-20H;1H3/q;;-1. The molecule has 2 heterocycles. The van der Waals surface area contributed by atoms with Gasteiger partial charge in [0.2, 0.25) is 0 Å². The van der Waals surface area contributed by atoms with E-state index in [0.29, 0.717) is 0 Å². The first-order valence-corrected chi connectivity index (χ1v) is 22.9. The SMILES string of the molecule is C1=Cc2c(c(-c3ccc4oc5ccccc5c4c3)c3ccccc3c2-c2ccccc2)CC1.[CH3-].c1ccc(-c2c3ccccc3c(-c3ccc4oc5ccccc5c4c3)c3ccccc23)cc1. The molecule has 1 aliphatic rings. The predicted octanol–water partition coefficient (Wildman–Crippen LogP) is 18.7. The molecule has 0 spiro atoms. The van der Waals surface area contributed by atoms with Crippen LogP contribution in [-0.4, -0.2) is 0 Å². The maximum atomic E-state index is 6.11. The van der Waals surface area contributed by atoms with Crippen molar-refractivity contribution in [2.24, 2.45) is 0 Å². The molecule has 0 fully saturated rings. The Morgan fingerprint density at radius 2 is 0.642 bits per heavy atom. The van der Waals surface area contributed by atoms with E-state index < -0.39 is 0 Å². The van der Waals surface area contributed by atoms with Crippen LogP contribution in [0.5, 0.6) is 0 Å². The molecular formula is C65H45O2-. The van der Waals surface area contributed by atoms with E-state index in [-0.39, 0.29) is 7.43 Å². The summed E-state index contributed by atoms with van der Waals surface area (Å²) in [6, 6.07) is 77.8. The molecule has 67 heavy (non-hydrogen) atoms. The predicted molar refractivity (Wildman–Crippen MR) is 285 cm³/mol. The fourth-order valence-electron chi connectivity index (χ4n) is 10.7. The third-order valence-corrected chi connectivity index (χ3v) is 13.6. The average molecular weight is 858 g/mol. The van der Waals surface area contributed by atoms with Gasteiger partial charge in [-0.15, -0.1) is 0 Å². The summed E-state index contributed by atoms with van der Waals surface area (Å²) >= 11 is 0. The van der Waals surface area contributed by atoms with E-state index in [2.05, 4.69) is 206 Å². The minimum atomic E-state index is 0. The summed E-state index contributed by atoms with van der Waals surface area (Å²) in [4.78, 5) is 0. The Bertz CT molecular complexity index is 3980. The molecule has 2 heteroatoms. The van der Waals surface area contributed by atoms with E-state index in [4.69, 9.17) is 8.83 Å². The summed E-state index contributed by atoms with van der Waals surface area (Å²) in [5.41, 5.74) is 16.8. The number of furan rings is 2. The van der Waals surface area contributed by atoms with Crippen molar-refractivity contribution in [3.8, 4) is 44.5 Å². The third-order valence-electron chi connectivity index (χ3n) is 13.6. The summed E-state index contributed by atoms with van der Waals surface area (Å²) in [7, 11) is 0. The number of fused-ring (bicyclic) bond motifs is 10. The average Bonchev–Trinajstić information content (AvgIpc) is 3.95. The molecule has 0 saturated carbocycles. The van der Waals surface area contributed by atoms with Gasteiger partial charge < -0.3 is 16.3 Å². The molecule has 13 aromatic rings. The highest BCUT2D eigenvalue weighted by Crippen LogP contribution is 2.47. The van der Waals surface area contributed by atoms with Gasteiger partial charge in [-0.05, 0) is 137 Å². The van der Waals surface area contributed by atoms with Crippen LogP contribution in [0.25, 0.3) is 127 Å². The first-order chi connectivity index (χ1) is 32.8. The van der Waals surface area contributed by atoms with Crippen molar-refractivity contribution >= 4 is 82.3 Å². The molecule has 1 aliphatic carbocycles. The second-order valence-corrected chi connectivity index (χ2v) is 17.3. The van der Waals surface area contributed by atoms with Crippen LogP contribution in [0.1, 0.15) is 17.5 Å². The number of para-hydroxylation sites is 2. The Kier molecular flexibility index (Phi) is 9.88. The van der Waals surface area contributed by atoms with Crippen LogP contribution in [0.3, 0.4) is 0 Å². The first-order valence-electron chi connectivity index (χ1n) is 22.9. The molecule has 11 aromatic carbocycles. The number of benzene rings is 11. The molecule has 0 saturated heterocycles. The second kappa shape index (κ2) is 16.5. The van der Waals surface area contributed by atoms with Gasteiger partial charge in [0.1, 0.15) is 22.3 Å². The van der Waals surface area contributed by atoms with Crippen LogP contribution in [0.4, 0.5) is 0 Å². The van der Waals surface area contributed by atoms with Crippen LogP contribution in [-0.2, 0) is 6.42 Å². The Balaban J connectivity index is 0.000000138. The van der Waals surface area contributed by atoms with Gasteiger partial charge in [0, 0.05) is 21.5 Å². The van der Waals surface area contributed by atoms with Crippen molar-refractivity contribution in [3.05, 3.63) is 243 Å². The van der Waals surface area contributed by atoms with Crippen molar-refractivity contribution in [1.29, 1.82) is 0 Å². The molecule has 0 amide bonds. The molecule has 0 atom stereocenters. The number of rotatable bonds is 4. The zero-order chi connectivity index (χ0) is 43.6. The molecular weight excluding hydrogens is 813 g/mol. The van der Waals surface area contributed by atoms with Gasteiger partial charge in [0.05, 0.1) is 0 Å². The fraction of sp³-hybridized carbons (Fsp3) is 0.0308. The third kappa shape index (κ3) is 6.64. The van der Waals surface area contributed by atoms with Gasteiger partial charge in [0.25, 0.3) is 0 Å². The van der Waals surface area contributed by atoms with Crippen molar-refractivity contribution in [2.75, 3.05) is 0 Å². The lowest BCUT2D eigenvalue weighted by molar-refractivity contribution is 0.668. The van der Waals surface area contributed by atoms with Gasteiger partial charge >= 0.3 is 0 Å². The van der Waals surface area contributed by atoms with Gasteiger partial charge in [-0.25, -0.2) is 0 Å². The smallest absolute Gasteiger partial charge is 0.135 e. The van der Waals surface area contributed by atoms with Crippen molar-refractivity contribution in [1.82, 2.24) is 0 Å². The lowest BCUT2D eigenvalue weighted by Crippen LogP contribution is -2.02. The molecule has 0 bridgehead atoms. The number of hydrogen-bond acceptors (Lipinski definition) is 2. The lowest BCUT2D eigenvalue weighted by Gasteiger charge is -2.23. The largest absolute Gasteiger partial charge is 0.456 e. The summed E-state index contributed by atoms with van der Waals surface area (Å²) in [5, 5.41) is 12.4.